The van der Waals surface area contributed by atoms with E-state index in [2.05, 4.69) is 20.6 Å². The molecule has 0 aliphatic rings. The van der Waals surface area contributed by atoms with E-state index in [1.807, 2.05) is 0 Å². The predicted molar refractivity (Wildman–Crippen MR) is 132 cm³/mol. The van der Waals surface area contributed by atoms with Gasteiger partial charge in [0.25, 0.3) is 11.8 Å². The van der Waals surface area contributed by atoms with Crippen LogP contribution in [0.3, 0.4) is 0 Å². The molecule has 0 fully saturated rings. The lowest BCUT2D eigenvalue weighted by molar-refractivity contribution is 0.0957. The van der Waals surface area contributed by atoms with Crippen molar-refractivity contribution >= 4 is 39.6 Å². The van der Waals surface area contributed by atoms with Crippen molar-refractivity contribution in [3.8, 4) is 21.9 Å². The highest BCUT2D eigenvalue weighted by Crippen LogP contribution is 2.33. The molecule has 178 valence electrons. The Bertz CT molecular complexity index is 1410. The molecule has 35 heavy (non-hydrogen) atoms. The lowest BCUT2D eigenvalue weighted by atomic mass is 10.1. The number of amides is 2. The molecule has 4 rings (SSSR count). The van der Waals surface area contributed by atoms with Crippen LogP contribution in [0.15, 0.2) is 71.2 Å². The monoisotopic (exact) mass is 510 g/mol. The fourth-order valence-corrected chi connectivity index (χ4v) is 4.77. The van der Waals surface area contributed by atoms with E-state index in [1.54, 1.807) is 42.5 Å². The summed E-state index contributed by atoms with van der Waals surface area (Å²) in [5.41, 5.74) is 1.41. The third-order valence-corrected chi connectivity index (χ3v) is 7.15. The molecule has 0 radical (unpaired) electrons. The standard InChI is InChI=1S/C24H19FN4O4S2/c1-26-22(30)19-13-18(11-12-27-19)33-17-9-7-16(8-10-17)28-23(31)20-21(34-24(29-20)35(2)32)14-3-5-15(25)6-4-14/h3-13H,1-2H3,(H,26,30)(H,28,31). The number of nitrogens with zero attached hydrogens (tertiary/aromatic N) is 2. The van der Waals surface area contributed by atoms with Crippen LogP contribution in [-0.2, 0) is 10.8 Å². The molecule has 11 heteroatoms. The molecule has 8 nitrogen and oxygen atoms in total. The molecular weight excluding hydrogens is 491 g/mol. The van der Waals surface area contributed by atoms with Gasteiger partial charge in [0.15, 0.2) is 4.34 Å². The summed E-state index contributed by atoms with van der Waals surface area (Å²) in [6.45, 7) is 0. The summed E-state index contributed by atoms with van der Waals surface area (Å²) in [6.07, 6.45) is 2.95. The van der Waals surface area contributed by atoms with Crippen molar-refractivity contribution in [1.82, 2.24) is 15.3 Å². The zero-order valence-corrected chi connectivity index (χ0v) is 20.2. The van der Waals surface area contributed by atoms with Crippen LogP contribution in [0.25, 0.3) is 10.4 Å². The molecule has 0 saturated carbocycles. The highest BCUT2D eigenvalue weighted by atomic mass is 32.2. The number of halogens is 1. The van der Waals surface area contributed by atoms with Gasteiger partial charge in [0.05, 0.1) is 15.7 Å². The third kappa shape index (κ3) is 5.76. The maximum atomic E-state index is 13.4. The fraction of sp³-hybridized carbons (Fsp3) is 0.0833. The van der Waals surface area contributed by atoms with Crippen LogP contribution in [0.5, 0.6) is 11.5 Å². The van der Waals surface area contributed by atoms with Crippen molar-refractivity contribution in [2.75, 3.05) is 18.6 Å². The van der Waals surface area contributed by atoms with Crippen molar-refractivity contribution in [1.29, 1.82) is 0 Å². The minimum absolute atomic E-state index is 0.102. The molecule has 1 unspecified atom stereocenters. The first kappa shape index (κ1) is 24.2. The molecule has 4 aromatic rings. The Kier molecular flexibility index (Phi) is 7.28. The third-order valence-electron chi connectivity index (χ3n) is 4.71. The second-order valence-corrected chi connectivity index (χ2v) is 9.71. The number of benzene rings is 2. The SMILES string of the molecule is CNC(=O)c1cc(Oc2ccc(NC(=O)c3nc(S(C)=O)sc3-c3ccc(F)cc3)cc2)ccn1. The second kappa shape index (κ2) is 10.5. The summed E-state index contributed by atoms with van der Waals surface area (Å²) in [5, 5.41) is 5.27. The van der Waals surface area contributed by atoms with Gasteiger partial charge < -0.3 is 15.4 Å². The smallest absolute Gasteiger partial charge is 0.275 e. The molecule has 0 spiro atoms. The van der Waals surface area contributed by atoms with Gasteiger partial charge in [-0.25, -0.2) is 9.37 Å². The number of carbonyl (C=O) groups excluding carboxylic acids is 2. The average Bonchev–Trinajstić information content (AvgIpc) is 3.31. The maximum Gasteiger partial charge on any atom is 0.275 e. The molecular formula is C24H19FN4O4S2. The van der Waals surface area contributed by atoms with Gasteiger partial charge in [-0.3, -0.25) is 18.8 Å². The number of hydrogen-bond donors (Lipinski definition) is 2. The first-order chi connectivity index (χ1) is 16.8. The van der Waals surface area contributed by atoms with E-state index < -0.39 is 22.5 Å². The maximum absolute atomic E-state index is 13.4. The quantitative estimate of drug-likeness (QED) is 0.379. The van der Waals surface area contributed by atoms with Crippen molar-refractivity contribution in [3.63, 3.8) is 0 Å². The normalized spacial score (nSPS) is 11.5. The van der Waals surface area contributed by atoms with Crippen LogP contribution in [0, 0.1) is 5.82 Å². The van der Waals surface area contributed by atoms with Crippen LogP contribution in [0.4, 0.5) is 10.1 Å². The number of carbonyl (C=O) groups is 2. The molecule has 2 heterocycles. The van der Waals surface area contributed by atoms with Gasteiger partial charge in [-0.1, -0.05) is 12.1 Å². The Hall–Kier alpha value is -3.96. The summed E-state index contributed by atoms with van der Waals surface area (Å²) in [5.74, 6) is -0.299. The number of rotatable bonds is 7. The summed E-state index contributed by atoms with van der Waals surface area (Å²) < 4.78 is 31.4. The van der Waals surface area contributed by atoms with Crippen LogP contribution in [0.2, 0.25) is 0 Å². The first-order valence-electron chi connectivity index (χ1n) is 10.2. The number of aromatic nitrogens is 2. The Morgan fingerprint density at radius 3 is 2.37 bits per heavy atom. The highest BCUT2D eigenvalue weighted by Gasteiger charge is 2.21. The molecule has 2 amide bonds. The van der Waals surface area contributed by atoms with E-state index in [0.29, 0.717) is 32.0 Å². The van der Waals surface area contributed by atoms with Crippen LogP contribution >= 0.6 is 11.3 Å². The Labute approximate surface area is 206 Å². The second-order valence-electron chi connectivity index (χ2n) is 7.15. The number of hydrogen-bond acceptors (Lipinski definition) is 7. The summed E-state index contributed by atoms with van der Waals surface area (Å²) in [6, 6.07) is 15.4. The molecule has 0 bridgehead atoms. The molecule has 1 atom stereocenters. The number of pyridine rings is 1. The van der Waals surface area contributed by atoms with Crippen molar-refractivity contribution in [2.45, 2.75) is 4.34 Å². The Morgan fingerprint density at radius 2 is 1.71 bits per heavy atom. The predicted octanol–water partition coefficient (Wildman–Crippen LogP) is 4.49. The topological polar surface area (TPSA) is 110 Å². The van der Waals surface area contributed by atoms with Crippen LogP contribution in [0.1, 0.15) is 21.0 Å². The molecule has 2 aromatic heterocycles. The molecule has 2 N–H and O–H groups in total. The lowest BCUT2D eigenvalue weighted by Crippen LogP contribution is -2.18. The average molecular weight is 511 g/mol. The number of anilines is 1. The lowest BCUT2D eigenvalue weighted by Gasteiger charge is -2.09. The van der Waals surface area contributed by atoms with E-state index in [0.717, 1.165) is 11.3 Å². The molecule has 2 aromatic carbocycles. The van der Waals surface area contributed by atoms with Gasteiger partial charge in [-0.2, -0.15) is 0 Å². The molecule has 0 aliphatic carbocycles. The number of thiazole rings is 1. The van der Waals surface area contributed by atoms with Gasteiger partial charge in [0.1, 0.15) is 28.7 Å². The van der Waals surface area contributed by atoms with E-state index in [1.165, 1.54) is 37.7 Å². The van der Waals surface area contributed by atoms with Gasteiger partial charge in [-0.05, 0) is 48.0 Å². The minimum Gasteiger partial charge on any atom is -0.457 e. The largest absolute Gasteiger partial charge is 0.457 e. The summed E-state index contributed by atoms with van der Waals surface area (Å²) >= 11 is 1.13. The van der Waals surface area contributed by atoms with Crippen LogP contribution in [-0.4, -0.2) is 39.3 Å². The van der Waals surface area contributed by atoms with Gasteiger partial charge in [0.2, 0.25) is 0 Å². The van der Waals surface area contributed by atoms with Gasteiger partial charge in [0, 0.05) is 31.3 Å². The van der Waals surface area contributed by atoms with Crippen molar-refractivity contribution in [3.05, 3.63) is 84.1 Å². The number of nitrogens with one attached hydrogen (secondary N) is 2. The fourth-order valence-electron chi connectivity index (χ4n) is 3.03. The molecule has 0 saturated heterocycles. The van der Waals surface area contributed by atoms with E-state index >= 15 is 0 Å². The number of ether oxygens (including phenoxy) is 1. The Morgan fingerprint density at radius 1 is 1.00 bits per heavy atom. The van der Waals surface area contributed by atoms with E-state index in [4.69, 9.17) is 4.74 Å². The van der Waals surface area contributed by atoms with Gasteiger partial charge in [-0.15, -0.1) is 11.3 Å². The van der Waals surface area contributed by atoms with Crippen molar-refractivity contribution in [2.24, 2.45) is 0 Å². The Balaban J connectivity index is 1.51. The van der Waals surface area contributed by atoms with E-state index in [-0.39, 0.29) is 17.3 Å². The minimum atomic E-state index is -1.38. The van der Waals surface area contributed by atoms with E-state index in [9.17, 15) is 18.2 Å². The zero-order chi connectivity index (χ0) is 24.9. The first-order valence-corrected chi connectivity index (χ1v) is 12.6. The summed E-state index contributed by atoms with van der Waals surface area (Å²) in [7, 11) is 0.135. The molecule has 0 aliphatic heterocycles. The van der Waals surface area contributed by atoms with Crippen LogP contribution < -0.4 is 15.4 Å². The van der Waals surface area contributed by atoms with Crippen molar-refractivity contribution < 1.29 is 22.9 Å². The highest BCUT2D eigenvalue weighted by molar-refractivity contribution is 7.86. The summed E-state index contributed by atoms with van der Waals surface area (Å²) in [4.78, 5) is 33.5. The van der Waals surface area contributed by atoms with Gasteiger partial charge >= 0.3 is 0 Å². The zero-order valence-electron chi connectivity index (χ0n) is 18.6.